The molecule has 2 saturated heterocycles. The van der Waals surface area contributed by atoms with Gasteiger partial charge in [-0.1, -0.05) is 0 Å². The number of benzene rings is 1. The van der Waals surface area contributed by atoms with E-state index in [1.165, 1.54) is 7.11 Å². The van der Waals surface area contributed by atoms with E-state index in [1.54, 1.807) is 24.1 Å². The van der Waals surface area contributed by atoms with Gasteiger partial charge in [-0.3, -0.25) is 9.59 Å². The molecule has 154 valence electrons. The van der Waals surface area contributed by atoms with Crippen LogP contribution in [-0.4, -0.2) is 61.6 Å². The smallest absolute Gasteiger partial charge is 0.406 e. The molecule has 2 amide bonds. The minimum Gasteiger partial charge on any atom is -0.497 e. The summed E-state index contributed by atoms with van der Waals surface area (Å²) in [6.07, 6.45) is -3.18. The standard InChI is InChI=1S/C19H23F3N2O4/c1-27-13-5-6-16(28-2)14(9-13)15-4-3-7-24(15)18(26)12-8-17(25)23(10-12)11-19(20,21)22/h5-6,9,12,15H,3-4,7-8,10-11H2,1-2H3/t12-,15-/m1/s1. The van der Waals surface area contributed by atoms with Gasteiger partial charge in [-0.25, -0.2) is 0 Å². The van der Waals surface area contributed by atoms with Crippen molar-refractivity contribution in [1.29, 1.82) is 0 Å². The maximum absolute atomic E-state index is 13.0. The lowest BCUT2D eigenvalue weighted by Gasteiger charge is -2.29. The van der Waals surface area contributed by atoms with E-state index in [-0.39, 0.29) is 24.9 Å². The predicted molar refractivity (Wildman–Crippen MR) is 94.0 cm³/mol. The molecule has 0 saturated carbocycles. The van der Waals surface area contributed by atoms with Crippen molar-refractivity contribution in [3.63, 3.8) is 0 Å². The second kappa shape index (κ2) is 7.89. The molecule has 2 aliphatic rings. The SMILES string of the molecule is COc1ccc(OC)c([C@H]2CCCN2C(=O)[C@@H]2CC(=O)N(CC(F)(F)F)C2)c1. The highest BCUT2D eigenvalue weighted by molar-refractivity contribution is 5.89. The zero-order chi connectivity index (χ0) is 20.5. The van der Waals surface area contributed by atoms with Gasteiger partial charge >= 0.3 is 6.18 Å². The first kappa shape index (κ1) is 20.3. The van der Waals surface area contributed by atoms with Crippen molar-refractivity contribution < 1.29 is 32.2 Å². The third kappa shape index (κ3) is 4.18. The minimum absolute atomic E-state index is 0.187. The topological polar surface area (TPSA) is 59.1 Å². The van der Waals surface area contributed by atoms with Crippen LogP contribution < -0.4 is 9.47 Å². The van der Waals surface area contributed by atoms with Crippen molar-refractivity contribution in [3.8, 4) is 11.5 Å². The maximum Gasteiger partial charge on any atom is 0.406 e. The summed E-state index contributed by atoms with van der Waals surface area (Å²) in [4.78, 5) is 27.4. The number of alkyl halides is 3. The fourth-order valence-electron chi connectivity index (χ4n) is 3.99. The molecule has 0 aliphatic carbocycles. The Morgan fingerprint density at radius 3 is 2.64 bits per heavy atom. The van der Waals surface area contributed by atoms with Crippen LogP contribution in [0.1, 0.15) is 30.9 Å². The number of likely N-dealkylation sites (tertiary alicyclic amines) is 2. The summed E-state index contributed by atoms with van der Waals surface area (Å²) in [5.74, 6) is -0.433. The van der Waals surface area contributed by atoms with E-state index < -0.39 is 24.5 Å². The second-order valence-electron chi connectivity index (χ2n) is 7.09. The van der Waals surface area contributed by atoms with Crippen molar-refractivity contribution >= 4 is 11.8 Å². The highest BCUT2D eigenvalue weighted by Crippen LogP contribution is 2.40. The van der Waals surface area contributed by atoms with Gasteiger partial charge in [-0.2, -0.15) is 13.2 Å². The third-order valence-electron chi connectivity index (χ3n) is 5.27. The fraction of sp³-hybridized carbons (Fsp3) is 0.579. The number of carbonyl (C=O) groups is 2. The Morgan fingerprint density at radius 1 is 1.25 bits per heavy atom. The number of methoxy groups -OCH3 is 2. The summed E-state index contributed by atoms with van der Waals surface area (Å²) in [6.45, 7) is -1.02. The molecule has 2 fully saturated rings. The summed E-state index contributed by atoms with van der Waals surface area (Å²) >= 11 is 0. The van der Waals surface area contributed by atoms with E-state index >= 15 is 0 Å². The number of amides is 2. The lowest BCUT2D eigenvalue weighted by atomic mass is 10.0. The molecule has 0 spiro atoms. The summed E-state index contributed by atoms with van der Waals surface area (Å²) in [7, 11) is 3.08. The molecule has 3 rings (SSSR count). The zero-order valence-corrected chi connectivity index (χ0v) is 15.8. The average molecular weight is 400 g/mol. The number of hydrogen-bond donors (Lipinski definition) is 0. The van der Waals surface area contributed by atoms with Gasteiger partial charge in [0.2, 0.25) is 11.8 Å². The van der Waals surface area contributed by atoms with Crippen LogP contribution >= 0.6 is 0 Å². The van der Waals surface area contributed by atoms with Crippen LogP contribution in [-0.2, 0) is 9.59 Å². The zero-order valence-electron chi connectivity index (χ0n) is 15.8. The number of ether oxygens (including phenoxy) is 2. The molecule has 2 heterocycles. The summed E-state index contributed by atoms with van der Waals surface area (Å²) in [6, 6.07) is 5.07. The van der Waals surface area contributed by atoms with Crippen molar-refractivity contribution in [2.45, 2.75) is 31.5 Å². The van der Waals surface area contributed by atoms with E-state index in [0.29, 0.717) is 24.5 Å². The molecular formula is C19H23F3N2O4. The van der Waals surface area contributed by atoms with Crippen LogP contribution in [0.3, 0.4) is 0 Å². The summed E-state index contributed by atoms with van der Waals surface area (Å²) in [5, 5.41) is 0. The van der Waals surface area contributed by atoms with Gasteiger partial charge in [0.05, 0.1) is 26.2 Å². The molecule has 2 aliphatic heterocycles. The Labute approximate surface area is 161 Å². The number of rotatable bonds is 5. The Kier molecular flexibility index (Phi) is 5.71. The Balaban J connectivity index is 1.78. The molecule has 28 heavy (non-hydrogen) atoms. The molecule has 0 radical (unpaired) electrons. The summed E-state index contributed by atoms with van der Waals surface area (Å²) in [5.41, 5.74) is 0.796. The third-order valence-corrected chi connectivity index (χ3v) is 5.27. The van der Waals surface area contributed by atoms with Gasteiger partial charge in [0.15, 0.2) is 0 Å². The van der Waals surface area contributed by atoms with Gasteiger partial charge in [-0.15, -0.1) is 0 Å². The molecular weight excluding hydrogens is 377 g/mol. The maximum atomic E-state index is 13.0. The van der Waals surface area contributed by atoms with E-state index in [2.05, 4.69) is 0 Å². The van der Waals surface area contributed by atoms with Crippen molar-refractivity contribution in [2.75, 3.05) is 33.9 Å². The van der Waals surface area contributed by atoms with Crippen molar-refractivity contribution in [3.05, 3.63) is 23.8 Å². The fourth-order valence-corrected chi connectivity index (χ4v) is 3.99. The van der Waals surface area contributed by atoms with Gasteiger partial charge in [0, 0.05) is 25.1 Å². The van der Waals surface area contributed by atoms with Crippen LogP contribution in [0, 0.1) is 5.92 Å². The number of nitrogens with zero attached hydrogens (tertiary/aromatic N) is 2. The van der Waals surface area contributed by atoms with Crippen LogP contribution in [0.25, 0.3) is 0 Å². The molecule has 0 N–H and O–H groups in total. The molecule has 6 nitrogen and oxygen atoms in total. The number of halogens is 3. The first-order valence-electron chi connectivity index (χ1n) is 9.10. The first-order chi connectivity index (χ1) is 13.2. The van der Waals surface area contributed by atoms with Gasteiger partial charge < -0.3 is 19.3 Å². The van der Waals surface area contributed by atoms with Crippen molar-refractivity contribution in [1.82, 2.24) is 9.80 Å². The van der Waals surface area contributed by atoms with Gasteiger partial charge in [0.25, 0.3) is 0 Å². The number of hydrogen-bond acceptors (Lipinski definition) is 4. The van der Waals surface area contributed by atoms with Crippen LogP contribution in [0.15, 0.2) is 18.2 Å². The molecule has 0 unspecified atom stereocenters. The average Bonchev–Trinajstić information content (AvgIpc) is 3.26. The monoisotopic (exact) mass is 400 g/mol. The largest absolute Gasteiger partial charge is 0.497 e. The highest BCUT2D eigenvalue weighted by atomic mass is 19.4. The minimum atomic E-state index is -4.47. The molecule has 0 aromatic heterocycles. The quantitative estimate of drug-likeness (QED) is 0.763. The lowest BCUT2D eigenvalue weighted by Crippen LogP contribution is -2.39. The second-order valence-corrected chi connectivity index (χ2v) is 7.09. The lowest BCUT2D eigenvalue weighted by molar-refractivity contribution is -0.157. The highest BCUT2D eigenvalue weighted by Gasteiger charge is 2.43. The number of carbonyl (C=O) groups excluding carboxylic acids is 2. The van der Waals surface area contributed by atoms with E-state index in [0.717, 1.165) is 16.9 Å². The van der Waals surface area contributed by atoms with E-state index in [1.807, 2.05) is 6.07 Å². The predicted octanol–water partition coefficient (Wildman–Crippen LogP) is 2.78. The van der Waals surface area contributed by atoms with Crippen LogP contribution in [0.4, 0.5) is 13.2 Å². The van der Waals surface area contributed by atoms with E-state index in [4.69, 9.17) is 9.47 Å². The first-order valence-corrected chi connectivity index (χ1v) is 9.10. The molecule has 0 bridgehead atoms. The molecule has 2 atom stereocenters. The Bertz CT molecular complexity index is 753. The van der Waals surface area contributed by atoms with Gasteiger partial charge in [-0.05, 0) is 31.0 Å². The Hall–Kier alpha value is -2.45. The van der Waals surface area contributed by atoms with Crippen molar-refractivity contribution in [2.24, 2.45) is 5.92 Å². The Morgan fingerprint density at radius 2 is 2.00 bits per heavy atom. The normalized spacial score (nSPS) is 22.7. The summed E-state index contributed by atoms with van der Waals surface area (Å²) < 4.78 is 48.6. The van der Waals surface area contributed by atoms with Crippen LogP contribution in [0.2, 0.25) is 0 Å². The molecule has 1 aromatic rings. The van der Waals surface area contributed by atoms with Crippen LogP contribution in [0.5, 0.6) is 11.5 Å². The van der Waals surface area contributed by atoms with Gasteiger partial charge in [0.1, 0.15) is 18.0 Å². The molecule has 1 aromatic carbocycles. The molecule has 9 heteroatoms. The van der Waals surface area contributed by atoms with E-state index in [9.17, 15) is 22.8 Å².